The van der Waals surface area contributed by atoms with Crippen molar-refractivity contribution in [3.05, 3.63) is 28.8 Å². The fraction of sp³-hybridized carbons (Fsp3) is 0.625. The molecular weight excluding hydrogens is 286 g/mol. The molecule has 2 rings (SSSR count). The molecule has 0 aromatic heterocycles. The molecule has 21 heavy (non-hydrogen) atoms. The highest BCUT2D eigenvalue weighted by atomic mass is 35.5. The summed E-state index contributed by atoms with van der Waals surface area (Å²) in [6.45, 7) is 9.06. The Morgan fingerprint density at radius 3 is 2.86 bits per heavy atom. The van der Waals surface area contributed by atoms with E-state index < -0.39 is 0 Å². The van der Waals surface area contributed by atoms with Crippen LogP contribution in [0.1, 0.15) is 18.9 Å². The molecular formula is C16H26ClN3O. The lowest BCUT2D eigenvalue weighted by Crippen LogP contribution is -2.33. The van der Waals surface area contributed by atoms with Gasteiger partial charge in [0.2, 0.25) is 0 Å². The van der Waals surface area contributed by atoms with E-state index >= 15 is 0 Å². The first-order valence-corrected chi connectivity index (χ1v) is 8.19. The number of rotatable bonds is 6. The molecule has 0 saturated carbocycles. The van der Waals surface area contributed by atoms with Crippen molar-refractivity contribution in [2.75, 3.05) is 50.8 Å². The molecule has 0 radical (unpaired) electrons. The summed E-state index contributed by atoms with van der Waals surface area (Å²) in [5, 5.41) is 13.3. The zero-order valence-electron chi connectivity index (χ0n) is 12.8. The third-order valence-corrected chi connectivity index (χ3v) is 4.19. The van der Waals surface area contributed by atoms with Crippen LogP contribution < -0.4 is 10.2 Å². The lowest BCUT2D eigenvalue weighted by atomic mass is 10.1. The summed E-state index contributed by atoms with van der Waals surface area (Å²) in [6, 6.07) is 6.18. The third-order valence-electron chi connectivity index (χ3n) is 3.95. The van der Waals surface area contributed by atoms with Crippen molar-refractivity contribution in [2.24, 2.45) is 0 Å². The van der Waals surface area contributed by atoms with Gasteiger partial charge in [-0.3, -0.25) is 4.90 Å². The summed E-state index contributed by atoms with van der Waals surface area (Å²) in [7, 11) is 0. The normalized spacial score (nSPS) is 17.0. The van der Waals surface area contributed by atoms with Gasteiger partial charge in [0, 0.05) is 43.4 Å². The summed E-state index contributed by atoms with van der Waals surface area (Å²) in [5.41, 5.74) is 2.55. The van der Waals surface area contributed by atoms with E-state index in [1.165, 1.54) is 11.3 Å². The van der Waals surface area contributed by atoms with Crippen molar-refractivity contribution < 1.29 is 5.11 Å². The van der Waals surface area contributed by atoms with Gasteiger partial charge in [0.15, 0.2) is 0 Å². The highest BCUT2D eigenvalue weighted by Crippen LogP contribution is 2.25. The smallest absolute Gasteiger partial charge is 0.0558 e. The molecule has 1 aliphatic heterocycles. The number of nitrogens with zero attached hydrogens (tertiary/aromatic N) is 2. The summed E-state index contributed by atoms with van der Waals surface area (Å²) >= 11 is 6.15. The second-order valence-corrected chi connectivity index (χ2v) is 5.90. The molecule has 1 saturated heterocycles. The van der Waals surface area contributed by atoms with Crippen LogP contribution in [0, 0.1) is 0 Å². The minimum absolute atomic E-state index is 0.243. The van der Waals surface area contributed by atoms with E-state index in [0.29, 0.717) is 0 Å². The van der Waals surface area contributed by atoms with E-state index in [9.17, 15) is 0 Å². The first-order chi connectivity index (χ1) is 10.2. The number of hydrogen-bond acceptors (Lipinski definition) is 4. The van der Waals surface area contributed by atoms with Gasteiger partial charge in [-0.1, -0.05) is 18.5 Å². The second kappa shape index (κ2) is 8.59. The van der Waals surface area contributed by atoms with Crippen molar-refractivity contribution in [3.63, 3.8) is 0 Å². The third kappa shape index (κ3) is 4.85. The Balaban J connectivity index is 2.09. The zero-order chi connectivity index (χ0) is 15.1. The average Bonchev–Trinajstić information content (AvgIpc) is 2.71. The summed E-state index contributed by atoms with van der Waals surface area (Å²) in [4.78, 5) is 4.78. The number of anilines is 1. The molecule has 4 nitrogen and oxygen atoms in total. The van der Waals surface area contributed by atoms with E-state index in [1.54, 1.807) is 0 Å². The first-order valence-electron chi connectivity index (χ1n) is 7.82. The van der Waals surface area contributed by atoms with Crippen LogP contribution >= 0.6 is 11.6 Å². The molecule has 1 aromatic carbocycles. The molecule has 1 aliphatic rings. The van der Waals surface area contributed by atoms with Crippen molar-refractivity contribution in [1.82, 2.24) is 10.2 Å². The van der Waals surface area contributed by atoms with E-state index in [2.05, 4.69) is 34.2 Å². The van der Waals surface area contributed by atoms with Crippen LogP contribution in [-0.2, 0) is 6.54 Å². The van der Waals surface area contributed by atoms with Gasteiger partial charge in [-0.25, -0.2) is 0 Å². The fourth-order valence-electron chi connectivity index (χ4n) is 2.84. The molecule has 2 N–H and O–H groups in total. The molecule has 0 amide bonds. The van der Waals surface area contributed by atoms with Gasteiger partial charge >= 0.3 is 0 Å². The molecule has 0 atom stereocenters. The summed E-state index contributed by atoms with van der Waals surface area (Å²) < 4.78 is 0. The molecule has 0 aliphatic carbocycles. The lowest BCUT2D eigenvalue weighted by molar-refractivity contribution is 0.204. The topological polar surface area (TPSA) is 38.7 Å². The number of halogens is 1. The first kappa shape index (κ1) is 16.6. The molecule has 5 heteroatoms. The van der Waals surface area contributed by atoms with E-state index in [4.69, 9.17) is 16.7 Å². The number of benzene rings is 1. The quantitative estimate of drug-likeness (QED) is 0.842. The van der Waals surface area contributed by atoms with Crippen LogP contribution in [0.2, 0.25) is 5.02 Å². The minimum atomic E-state index is 0.243. The molecule has 0 spiro atoms. The van der Waals surface area contributed by atoms with Gasteiger partial charge in [-0.2, -0.15) is 0 Å². The Morgan fingerprint density at radius 1 is 1.24 bits per heavy atom. The Hall–Kier alpha value is -0.810. The van der Waals surface area contributed by atoms with Crippen LogP contribution in [0.3, 0.4) is 0 Å². The maximum absolute atomic E-state index is 9.09. The monoisotopic (exact) mass is 311 g/mol. The predicted octanol–water partition coefficient (Wildman–Crippen LogP) is 1.95. The predicted molar refractivity (Wildman–Crippen MR) is 89.2 cm³/mol. The maximum atomic E-state index is 9.09. The van der Waals surface area contributed by atoms with Gasteiger partial charge in [-0.05, 0) is 43.3 Å². The van der Waals surface area contributed by atoms with E-state index in [-0.39, 0.29) is 6.61 Å². The standard InChI is InChI=1S/C16H26ClN3O/c1-2-18-13-14-12-15(17)4-5-16(14)20-7-3-6-19(8-9-20)10-11-21/h4-5,12,18,21H,2-3,6-11,13H2,1H3. The Bertz CT molecular complexity index is 442. The highest BCUT2D eigenvalue weighted by molar-refractivity contribution is 6.30. The molecule has 118 valence electrons. The number of β-amino-alcohol motifs (C(OH)–C–C–N with tert-alkyl or cyclic N) is 1. The fourth-order valence-corrected chi connectivity index (χ4v) is 3.04. The Labute approximate surface area is 132 Å². The molecule has 0 bridgehead atoms. The second-order valence-electron chi connectivity index (χ2n) is 5.46. The van der Waals surface area contributed by atoms with Crippen LogP contribution in [0.25, 0.3) is 0 Å². The molecule has 1 fully saturated rings. The Morgan fingerprint density at radius 2 is 2.10 bits per heavy atom. The van der Waals surface area contributed by atoms with Crippen LogP contribution in [0.4, 0.5) is 5.69 Å². The SMILES string of the molecule is CCNCc1cc(Cl)ccc1N1CCCN(CCO)CC1. The number of hydrogen-bond donors (Lipinski definition) is 2. The highest BCUT2D eigenvalue weighted by Gasteiger charge is 2.17. The Kier molecular flexibility index (Phi) is 6.77. The zero-order valence-corrected chi connectivity index (χ0v) is 13.6. The lowest BCUT2D eigenvalue weighted by Gasteiger charge is -2.26. The number of nitrogens with one attached hydrogen (secondary N) is 1. The van der Waals surface area contributed by atoms with Crippen molar-refractivity contribution >= 4 is 17.3 Å². The van der Waals surface area contributed by atoms with Gasteiger partial charge in [0.1, 0.15) is 0 Å². The minimum Gasteiger partial charge on any atom is -0.395 e. The summed E-state index contributed by atoms with van der Waals surface area (Å²) in [5.74, 6) is 0. The summed E-state index contributed by atoms with van der Waals surface area (Å²) in [6.07, 6.45) is 1.13. The van der Waals surface area contributed by atoms with E-state index in [0.717, 1.165) is 57.3 Å². The van der Waals surface area contributed by atoms with Gasteiger partial charge < -0.3 is 15.3 Å². The maximum Gasteiger partial charge on any atom is 0.0558 e. The van der Waals surface area contributed by atoms with Crippen LogP contribution in [-0.4, -0.2) is 55.9 Å². The van der Waals surface area contributed by atoms with Crippen LogP contribution in [0.15, 0.2) is 18.2 Å². The average molecular weight is 312 g/mol. The van der Waals surface area contributed by atoms with Crippen LogP contribution in [0.5, 0.6) is 0 Å². The molecule has 0 unspecified atom stereocenters. The van der Waals surface area contributed by atoms with Crippen molar-refractivity contribution in [1.29, 1.82) is 0 Å². The number of aliphatic hydroxyl groups excluding tert-OH is 1. The van der Waals surface area contributed by atoms with Crippen molar-refractivity contribution in [2.45, 2.75) is 19.9 Å². The van der Waals surface area contributed by atoms with Gasteiger partial charge in [0.25, 0.3) is 0 Å². The van der Waals surface area contributed by atoms with Gasteiger partial charge in [-0.15, -0.1) is 0 Å². The number of aliphatic hydroxyl groups is 1. The van der Waals surface area contributed by atoms with E-state index in [1.807, 2.05) is 6.07 Å². The van der Waals surface area contributed by atoms with Crippen molar-refractivity contribution in [3.8, 4) is 0 Å². The molecule has 1 aromatic rings. The molecule has 1 heterocycles. The largest absolute Gasteiger partial charge is 0.395 e. The van der Waals surface area contributed by atoms with Gasteiger partial charge in [0.05, 0.1) is 6.61 Å².